The fraction of sp³-hybridized carbons (Fsp3) is 0.417. The van der Waals surface area contributed by atoms with Crippen LogP contribution in [-0.2, 0) is 14.3 Å². The van der Waals surface area contributed by atoms with Gasteiger partial charge in [-0.3, -0.25) is 4.79 Å². The molecule has 0 aliphatic carbocycles. The first-order valence-corrected chi connectivity index (χ1v) is 11.1. The number of ether oxygens (including phenoxy) is 3. The summed E-state index contributed by atoms with van der Waals surface area (Å²) in [4.78, 5) is 21.7. The Morgan fingerprint density at radius 2 is 2.06 bits per heavy atom. The number of unbranched alkanes of at least 4 members (excludes halogenated alkanes) is 1. The predicted octanol–water partition coefficient (Wildman–Crippen LogP) is 4.42. The van der Waals surface area contributed by atoms with E-state index in [4.69, 9.17) is 19.6 Å². The van der Waals surface area contributed by atoms with E-state index in [2.05, 4.69) is 20.2 Å². The molecule has 0 unspecified atom stereocenters. The molecule has 2 rings (SSSR count). The van der Waals surface area contributed by atoms with E-state index >= 15 is 0 Å². The minimum atomic E-state index is -0.625. The van der Waals surface area contributed by atoms with E-state index < -0.39 is 5.82 Å². The van der Waals surface area contributed by atoms with E-state index in [-0.39, 0.29) is 23.4 Å². The second-order valence-corrected chi connectivity index (χ2v) is 7.43. The molecule has 0 radical (unpaired) electrons. The number of carbonyl (C=O) groups excluding carboxylic acids is 1. The molecule has 0 atom stereocenters. The van der Waals surface area contributed by atoms with Crippen LogP contribution in [0.5, 0.6) is 11.5 Å². The van der Waals surface area contributed by atoms with Crippen molar-refractivity contribution in [1.29, 1.82) is 5.41 Å². The van der Waals surface area contributed by atoms with Crippen LogP contribution in [0.4, 0.5) is 15.9 Å². The first kappa shape index (κ1) is 26.9. The van der Waals surface area contributed by atoms with E-state index in [1.54, 1.807) is 6.07 Å². The van der Waals surface area contributed by atoms with Gasteiger partial charge < -0.3 is 29.8 Å². The van der Waals surface area contributed by atoms with Gasteiger partial charge in [-0.2, -0.15) is 4.99 Å². The van der Waals surface area contributed by atoms with Gasteiger partial charge in [0.2, 0.25) is 11.8 Å². The van der Waals surface area contributed by atoms with Gasteiger partial charge in [-0.25, -0.2) is 9.37 Å². The first-order valence-electron chi connectivity index (χ1n) is 11.1. The molecule has 10 heteroatoms. The summed E-state index contributed by atoms with van der Waals surface area (Å²) in [7, 11) is 2.05. The summed E-state index contributed by atoms with van der Waals surface area (Å²) in [5.41, 5.74) is 0.335. The number of hydrogen-bond acceptors (Lipinski definition) is 8. The third-order valence-corrected chi connectivity index (χ3v) is 4.55. The molecule has 1 aromatic heterocycles. The van der Waals surface area contributed by atoms with Crippen LogP contribution in [-0.4, -0.2) is 67.9 Å². The molecule has 0 saturated heterocycles. The molecule has 1 amide bonds. The van der Waals surface area contributed by atoms with Crippen molar-refractivity contribution in [3.8, 4) is 11.5 Å². The van der Waals surface area contributed by atoms with Crippen molar-refractivity contribution in [2.45, 2.75) is 26.7 Å². The van der Waals surface area contributed by atoms with Gasteiger partial charge in [-0.15, -0.1) is 0 Å². The van der Waals surface area contributed by atoms with Crippen molar-refractivity contribution in [3.63, 3.8) is 0 Å². The second-order valence-electron chi connectivity index (χ2n) is 7.43. The predicted molar refractivity (Wildman–Crippen MR) is 130 cm³/mol. The summed E-state index contributed by atoms with van der Waals surface area (Å²) in [5.74, 6) is -0.217. The van der Waals surface area contributed by atoms with Gasteiger partial charge in [-0.05, 0) is 51.6 Å². The molecule has 0 spiro atoms. The molecule has 34 heavy (non-hydrogen) atoms. The van der Waals surface area contributed by atoms with Crippen LogP contribution in [0.2, 0.25) is 0 Å². The molecular weight excluding hydrogens is 441 g/mol. The van der Waals surface area contributed by atoms with E-state index in [0.29, 0.717) is 18.0 Å². The zero-order valence-corrected chi connectivity index (χ0v) is 19.8. The lowest BCUT2D eigenvalue weighted by Crippen LogP contribution is -2.24. The maximum Gasteiger partial charge on any atom is 0.233 e. The van der Waals surface area contributed by atoms with Crippen LogP contribution in [0.1, 0.15) is 26.7 Å². The Kier molecular flexibility index (Phi) is 11.6. The van der Waals surface area contributed by atoms with Crippen molar-refractivity contribution in [2.24, 2.45) is 4.99 Å². The second kappa shape index (κ2) is 14.7. The number of aromatic nitrogens is 1. The van der Waals surface area contributed by atoms with Crippen molar-refractivity contribution in [1.82, 2.24) is 9.88 Å². The summed E-state index contributed by atoms with van der Waals surface area (Å²) in [6.45, 7) is 7.01. The van der Waals surface area contributed by atoms with Crippen LogP contribution in [0, 0.1) is 11.2 Å². The Hall–Kier alpha value is -3.37. The zero-order chi connectivity index (χ0) is 24.8. The maximum absolute atomic E-state index is 14.3. The van der Waals surface area contributed by atoms with Crippen molar-refractivity contribution < 1.29 is 23.4 Å². The highest BCUT2D eigenvalue weighted by Crippen LogP contribution is 2.28. The van der Waals surface area contributed by atoms with Gasteiger partial charge in [0.15, 0.2) is 17.4 Å². The van der Waals surface area contributed by atoms with E-state index in [9.17, 15) is 9.18 Å². The lowest BCUT2D eigenvalue weighted by Gasteiger charge is -2.16. The quantitative estimate of drug-likeness (QED) is 0.239. The minimum absolute atomic E-state index is 0.00927. The normalized spacial score (nSPS) is 11.4. The monoisotopic (exact) mass is 473 g/mol. The van der Waals surface area contributed by atoms with E-state index in [0.717, 1.165) is 45.4 Å². The van der Waals surface area contributed by atoms with Crippen LogP contribution in [0.15, 0.2) is 41.5 Å². The van der Waals surface area contributed by atoms with Crippen molar-refractivity contribution >= 4 is 29.5 Å². The lowest BCUT2D eigenvalue weighted by atomic mass is 10.3. The molecule has 9 nitrogen and oxygen atoms in total. The van der Waals surface area contributed by atoms with Gasteiger partial charge in [0.1, 0.15) is 5.75 Å². The highest BCUT2D eigenvalue weighted by atomic mass is 19.1. The Morgan fingerprint density at radius 1 is 1.24 bits per heavy atom. The number of amides is 1. The number of hydrogen-bond donors (Lipinski definition) is 2. The molecule has 1 heterocycles. The number of likely N-dealkylation sites (N-methyl/N-ethyl adjacent to an activating group) is 1. The molecule has 0 aliphatic rings. The summed E-state index contributed by atoms with van der Waals surface area (Å²) in [5, 5.41) is 10.0. The molecular formula is C24H32FN5O4. The molecule has 0 fully saturated rings. The number of halogens is 1. The highest BCUT2D eigenvalue weighted by Gasteiger charge is 2.08. The number of aliphatic imine (C=N–C) groups is 1. The number of carbonyl (C=O) groups is 1. The van der Waals surface area contributed by atoms with Gasteiger partial charge in [0.05, 0.1) is 19.4 Å². The molecule has 0 bridgehead atoms. The first-order chi connectivity index (χ1) is 16.4. The summed E-state index contributed by atoms with van der Waals surface area (Å²) in [6.07, 6.45) is 4.25. The molecule has 184 valence electrons. The minimum Gasteiger partial charge on any atom is -0.477 e. The molecule has 0 aliphatic heterocycles. The number of nitrogens with one attached hydrogen (secondary N) is 2. The Bertz CT molecular complexity index is 970. The zero-order valence-electron chi connectivity index (χ0n) is 19.8. The van der Waals surface area contributed by atoms with E-state index in [1.165, 1.54) is 37.4 Å². The summed E-state index contributed by atoms with van der Waals surface area (Å²) >= 11 is 0. The lowest BCUT2D eigenvalue weighted by molar-refractivity contribution is -0.114. The highest BCUT2D eigenvalue weighted by molar-refractivity contribution is 6.25. The fourth-order valence-corrected chi connectivity index (χ4v) is 2.87. The average Bonchev–Trinajstić information content (AvgIpc) is 2.80. The number of rotatable bonds is 14. The molecule has 2 aromatic rings. The third kappa shape index (κ3) is 10.1. The van der Waals surface area contributed by atoms with Gasteiger partial charge in [-0.1, -0.05) is 0 Å². The largest absolute Gasteiger partial charge is 0.477 e. The van der Waals surface area contributed by atoms with Crippen LogP contribution >= 0.6 is 0 Å². The van der Waals surface area contributed by atoms with Crippen LogP contribution in [0.3, 0.4) is 0 Å². The van der Waals surface area contributed by atoms with Gasteiger partial charge in [0, 0.05) is 44.1 Å². The van der Waals surface area contributed by atoms with Crippen molar-refractivity contribution in [3.05, 3.63) is 42.3 Å². The van der Waals surface area contributed by atoms with E-state index in [1.807, 2.05) is 14.0 Å². The SMILES string of the molecule is CCOCCN(C)CCCCO/C(C=N)=N/c1cc(Oc2ccc(NC(C)=O)cc2F)ccn1. The Balaban J connectivity index is 1.88. The van der Waals surface area contributed by atoms with Crippen molar-refractivity contribution in [2.75, 3.05) is 45.3 Å². The third-order valence-electron chi connectivity index (χ3n) is 4.55. The summed E-state index contributed by atoms with van der Waals surface area (Å²) < 4.78 is 30.8. The van der Waals surface area contributed by atoms with Gasteiger partial charge >= 0.3 is 0 Å². The number of nitrogens with zero attached hydrogens (tertiary/aromatic N) is 3. The smallest absolute Gasteiger partial charge is 0.233 e. The molecule has 1 aromatic carbocycles. The number of pyridine rings is 1. The van der Waals surface area contributed by atoms with Gasteiger partial charge in [0.25, 0.3) is 0 Å². The standard InChI is InChI=1S/C24H32FN5O4/c1-4-32-14-12-30(3)11-5-6-13-33-24(17-26)29-23-16-20(9-10-27-23)34-22-8-7-19(15-21(22)25)28-18(2)31/h7-10,15-17,26H,4-6,11-14H2,1-3H3,(H,28,31)/b26-17?,29-24+. The average molecular weight is 474 g/mol. The number of benzene rings is 1. The van der Waals surface area contributed by atoms with Crippen LogP contribution in [0.25, 0.3) is 0 Å². The molecule has 2 N–H and O–H groups in total. The Morgan fingerprint density at radius 3 is 2.76 bits per heavy atom. The topological polar surface area (TPSA) is 109 Å². The Labute approximate surface area is 199 Å². The van der Waals surface area contributed by atoms with Crippen LogP contribution < -0.4 is 10.1 Å². The maximum atomic E-state index is 14.3. The summed E-state index contributed by atoms with van der Waals surface area (Å²) in [6, 6.07) is 7.21. The molecule has 0 saturated carbocycles. The number of anilines is 1. The fourth-order valence-electron chi connectivity index (χ4n) is 2.87.